The van der Waals surface area contributed by atoms with Crippen LogP contribution in [-0.4, -0.2) is 34.2 Å². The number of hydrogen-bond donors (Lipinski definition) is 3. The summed E-state index contributed by atoms with van der Waals surface area (Å²) in [7, 11) is -4.69. The lowest BCUT2D eigenvalue weighted by atomic mass is 9.68. The zero-order valence-corrected chi connectivity index (χ0v) is 10.1. The first-order chi connectivity index (χ1) is 8.22. The Morgan fingerprint density at radius 2 is 1.78 bits per heavy atom. The van der Waals surface area contributed by atoms with Crippen molar-refractivity contribution in [1.82, 2.24) is 0 Å². The first kappa shape index (κ1) is 13.4. The first-order valence-corrected chi connectivity index (χ1v) is 6.85. The molecule has 1 saturated carbocycles. The second-order valence-electron chi connectivity index (χ2n) is 4.63. The number of aliphatic hydroxyl groups is 2. The highest BCUT2D eigenvalue weighted by atomic mass is 32.2. The summed E-state index contributed by atoms with van der Waals surface area (Å²) in [5, 5.41) is 19.2. The molecule has 1 unspecified atom stereocenters. The van der Waals surface area contributed by atoms with Crippen LogP contribution < -0.4 is 0 Å². The van der Waals surface area contributed by atoms with Crippen molar-refractivity contribution in [3.05, 3.63) is 35.6 Å². The van der Waals surface area contributed by atoms with Crippen molar-refractivity contribution in [2.24, 2.45) is 0 Å². The molecule has 5 nitrogen and oxygen atoms in total. The summed E-state index contributed by atoms with van der Waals surface area (Å²) in [5.74, 6) is -0.543. The van der Waals surface area contributed by atoms with Crippen molar-refractivity contribution in [3.63, 3.8) is 0 Å². The fraction of sp³-hybridized carbons (Fsp3) is 0.455. The van der Waals surface area contributed by atoms with Crippen LogP contribution in [-0.2, 0) is 10.1 Å². The standard InChI is InChI=1S/C11H13FO5S/c12-9-3-1-7(2-4-9)8-5-11(14,6-8)10(13)18(15,16)17/h1-4,8,10,13-14H,5-6H2,(H,15,16,17)/t8-,10?,11-. The van der Waals surface area contributed by atoms with Crippen molar-refractivity contribution in [2.75, 3.05) is 0 Å². The monoisotopic (exact) mass is 276 g/mol. The number of aliphatic hydroxyl groups excluding tert-OH is 1. The number of rotatable bonds is 3. The molecular formula is C11H13FO5S. The van der Waals surface area contributed by atoms with Crippen LogP contribution in [0.1, 0.15) is 24.3 Å². The summed E-state index contributed by atoms with van der Waals surface area (Å²) in [6, 6.07) is 5.62. The quantitative estimate of drug-likeness (QED) is 0.704. The molecule has 0 radical (unpaired) electrons. The lowest BCUT2D eigenvalue weighted by Gasteiger charge is -2.45. The van der Waals surface area contributed by atoms with Crippen molar-refractivity contribution < 1.29 is 27.6 Å². The highest BCUT2D eigenvalue weighted by Crippen LogP contribution is 2.47. The molecule has 1 fully saturated rings. The molecule has 3 N–H and O–H groups in total. The van der Waals surface area contributed by atoms with Gasteiger partial charge in [0.2, 0.25) is 5.44 Å². The van der Waals surface area contributed by atoms with E-state index in [1.54, 1.807) is 12.1 Å². The molecule has 0 spiro atoms. The SMILES string of the molecule is O=S(=O)(O)C(O)[C@]1(O)C[C@H](c2ccc(F)cc2)C1. The molecule has 0 amide bonds. The van der Waals surface area contributed by atoms with Crippen LogP contribution in [0.3, 0.4) is 0 Å². The maximum absolute atomic E-state index is 12.7. The minimum atomic E-state index is -4.69. The number of benzene rings is 1. The van der Waals surface area contributed by atoms with Crippen molar-refractivity contribution in [2.45, 2.75) is 29.8 Å². The molecule has 1 aromatic carbocycles. The molecule has 0 saturated heterocycles. The maximum Gasteiger partial charge on any atom is 0.294 e. The summed E-state index contributed by atoms with van der Waals surface area (Å²) in [6.07, 6.45) is -0.000815. The molecule has 2 rings (SSSR count). The molecule has 7 heteroatoms. The Kier molecular flexibility index (Phi) is 3.18. The van der Waals surface area contributed by atoms with Crippen LogP contribution in [0.25, 0.3) is 0 Å². The normalized spacial score (nSPS) is 29.7. The van der Waals surface area contributed by atoms with E-state index in [1.807, 2.05) is 0 Å². The van der Waals surface area contributed by atoms with Gasteiger partial charge in [0.25, 0.3) is 10.1 Å². The van der Waals surface area contributed by atoms with E-state index in [2.05, 4.69) is 0 Å². The Bertz CT molecular complexity index is 533. The van der Waals surface area contributed by atoms with Crippen LogP contribution >= 0.6 is 0 Å². The predicted octanol–water partition coefficient (Wildman–Crippen LogP) is 0.640. The van der Waals surface area contributed by atoms with Crippen LogP contribution in [0.5, 0.6) is 0 Å². The molecule has 1 aliphatic carbocycles. The molecule has 100 valence electrons. The van der Waals surface area contributed by atoms with Gasteiger partial charge in [-0.3, -0.25) is 4.55 Å². The van der Waals surface area contributed by atoms with Gasteiger partial charge >= 0.3 is 0 Å². The Hall–Kier alpha value is -1.02. The highest BCUT2D eigenvalue weighted by molar-refractivity contribution is 7.86. The smallest absolute Gasteiger partial charge is 0.294 e. The third-order valence-electron chi connectivity index (χ3n) is 3.28. The molecule has 1 atom stereocenters. The third kappa shape index (κ3) is 2.39. The molecular weight excluding hydrogens is 263 g/mol. The van der Waals surface area contributed by atoms with Gasteiger partial charge in [-0.2, -0.15) is 8.42 Å². The van der Waals surface area contributed by atoms with E-state index in [-0.39, 0.29) is 24.6 Å². The van der Waals surface area contributed by atoms with Crippen LogP contribution in [0, 0.1) is 5.82 Å². The van der Waals surface area contributed by atoms with Gasteiger partial charge in [0, 0.05) is 0 Å². The van der Waals surface area contributed by atoms with Gasteiger partial charge in [-0.25, -0.2) is 4.39 Å². The average Bonchev–Trinajstić information content (AvgIpc) is 2.24. The van der Waals surface area contributed by atoms with E-state index >= 15 is 0 Å². The van der Waals surface area contributed by atoms with E-state index in [9.17, 15) is 23.0 Å². The van der Waals surface area contributed by atoms with Crippen molar-refractivity contribution >= 4 is 10.1 Å². The summed E-state index contributed by atoms with van der Waals surface area (Å²) >= 11 is 0. The maximum atomic E-state index is 12.7. The van der Waals surface area contributed by atoms with Gasteiger partial charge in [-0.1, -0.05) is 12.1 Å². The summed E-state index contributed by atoms with van der Waals surface area (Å²) in [4.78, 5) is 0. The van der Waals surface area contributed by atoms with E-state index in [0.29, 0.717) is 0 Å². The van der Waals surface area contributed by atoms with Crippen LogP contribution in [0.4, 0.5) is 4.39 Å². The number of halogens is 1. The van der Waals surface area contributed by atoms with Gasteiger partial charge in [-0.05, 0) is 36.5 Å². The Morgan fingerprint density at radius 3 is 2.22 bits per heavy atom. The molecule has 1 aliphatic rings. The van der Waals surface area contributed by atoms with E-state index in [4.69, 9.17) is 4.55 Å². The molecule has 18 heavy (non-hydrogen) atoms. The van der Waals surface area contributed by atoms with Gasteiger partial charge in [0.1, 0.15) is 11.4 Å². The molecule has 0 aliphatic heterocycles. The fourth-order valence-electron chi connectivity index (χ4n) is 2.24. The minimum absolute atomic E-state index is 0.000408. The molecule has 0 aromatic heterocycles. The van der Waals surface area contributed by atoms with Crippen LogP contribution in [0.15, 0.2) is 24.3 Å². The third-order valence-corrected chi connectivity index (χ3v) is 4.29. The van der Waals surface area contributed by atoms with Crippen molar-refractivity contribution in [3.8, 4) is 0 Å². The minimum Gasteiger partial charge on any atom is -0.386 e. The van der Waals surface area contributed by atoms with Gasteiger partial charge < -0.3 is 10.2 Å². The summed E-state index contributed by atoms with van der Waals surface area (Å²) < 4.78 is 42.9. The lowest BCUT2D eigenvalue weighted by molar-refractivity contribution is -0.106. The van der Waals surface area contributed by atoms with Crippen LogP contribution in [0.2, 0.25) is 0 Å². The molecule has 0 heterocycles. The zero-order valence-electron chi connectivity index (χ0n) is 9.32. The van der Waals surface area contributed by atoms with E-state index in [0.717, 1.165) is 5.56 Å². The average molecular weight is 276 g/mol. The number of hydrogen-bond acceptors (Lipinski definition) is 4. The summed E-state index contributed by atoms with van der Waals surface area (Å²) in [5.41, 5.74) is -3.29. The summed E-state index contributed by atoms with van der Waals surface area (Å²) in [6.45, 7) is 0. The molecule has 0 bridgehead atoms. The van der Waals surface area contributed by atoms with Gasteiger partial charge in [-0.15, -0.1) is 0 Å². The topological polar surface area (TPSA) is 94.8 Å². The highest BCUT2D eigenvalue weighted by Gasteiger charge is 2.53. The largest absolute Gasteiger partial charge is 0.386 e. The lowest BCUT2D eigenvalue weighted by Crippen LogP contribution is -2.54. The van der Waals surface area contributed by atoms with Crippen molar-refractivity contribution in [1.29, 1.82) is 0 Å². The zero-order chi connectivity index (χ0) is 13.6. The Labute approximate surface area is 104 Å². The Morgan fingerprint density at radius 1 is 1.28 bits per heavy atom. The molecule has 1 aromatic rings. The van der Waals surface area contributed by atoms with Gasteiger partial charge in [0.05, 0.1) is 0 Å². The van der Waals surface area contributed by atoms with E-state index in [1.165, 1.54) is 12.1 Å². The predicted molar refractivity (Wildman–Crippen MR) is 60.9 cm³/mol. The second-order valence-corrected chi connectivity index (χ2v) is 6.10. The van der Waals surface area contributed by atoms with E-state index < -0.39 is 21.2 Å². The first-order valence-electron chi connectivity index (χ1n) is 5.34. The fourth-order valence-corrected chi connectivity index (χ4v) is 2.99. The second kappa shape index (κ2) is 4.27. The van der Waals surface area contributed by atoms with Gasteiger partial charge in [0.15, 0.2) is 0 Å². The Balaban J connectivity index is 2.08.